The van der Waals surface area contributed by atoms with Crippen LogP contribution in [0.5, 0.6) is 0 Å². The molecule has 2 aromatic heterocycles. The third-order valence-corrected chi connectivity index (χ3v) is 3.24. The summed E-state index contributed by atoms with van der Waals surface area (Å²) < 4.78 is 2.70. The van der Waals surface area contributed by atoms with Gasteiger partial charge in [0.15, 0.2) is 11.5 Å². The third kappa shape index (κ3) is 1.94. The van der Waals surface area contributed by atoms with Crippen molar-refractivity contribution in [2.24, 2.45) is 0 Å². The molecule has 0 aliphatic carbocycles. The zero-order valence-electron chi connectivity index (χ0n) is 8.64. The Morgan fingerprint density at radius 2 is 2.00 bits per heavy atom. The van der Waals surface area contributed by atoms with E-state index in [1.807, 2.05) is 42.6 Å². The quantitative estimate of drug-likeness (QED) is 0.684. The van der Waals surface area contributed by atoms with Gasteiger partial charge < -0.3 is 0 Å². The number of nitrogens with zero attached hydrogens (tertiary/aromatic N) is 3. The lowest BCUT2D eigenvalue weighted by atomic mass is 10.2. The highest BCUT2D eigenvalue weighted by molar-refractivity contribution is 9.10. The summed E-state index contributed by atoms with van der Waals surface area (Å²) >= 11 is 9.52. The molecule has 0 saturated heterocycles. The van der Waals surface area contributed by atoms with E-state index in [1.165, 1.54) is 0 Å². The van der Waals surface area contributed by atoms with Crippen LogP contribution in [-0.4, -0.2) is 14.6 Å². The second-order valence-corrected chi connectivity index (χ2v) is 4.89. The van der Waals surface area contributed by atoms with E-state index in [4.69, 9.17) is 11.6 Å². The van der Waals surface area contributed by atoms with Crippen LogP contribution < -0.4 is 0 Å². The van der Waals surface area contributed by atoms with Crippen LogP contribution in [0, 0.1) is 0 Å². The average Bonchev–Trinajstić information content (AvgIpc) is 2.72. The summed E-state index contributed by atoms with van der Waals surface area (Å²) in [5, 5.41) is 5.04. The first-order valence-electron chi connectivity index (χ1n) is 5.01. The molecule has 5 heteroatoms. The molecule has 0 atom stereocenters. The van der Waals surface area contributed by atoms with Crippen molar-refractivity contribution < 1.29 is 0 Å². The first-order chi connectivity index (χ1) is 8.24. The molecule has 3 nitrogen and oxygen atoms in total. The summed E-state index contributed by atoms with van der Waals surface area (Å²) in [4.78, 5) is 4.44. The molecule has 0 spiro atoms. The minimum absolute atomic E-state index is 0.633. The molecule has 1 aromatic carbocycles. The van der Waals surface area contributed by atoms with Crippen molar-refractivity contribution in [2.75, 3.05) is 0 Å². The second kappa shape index (κ2) is 4.13. The largest absolute Gasteiger partial charge is 0.220 e. The van der Waals surface area contributed by atoms with E-state index >= 15 is 0 Å². The molecule has 84 valence electrons. The molecule has 3 aromatic rings. The van der Waals surface area contributed by atoms with Crippen LogP contribution in [0.1, 0.15) is 0 Å². The van der Waals surface area contributed by atoms with Gasteiger partial charge in [-0.3, -0.25) is 0 Å². The highest BCUT2D eigenvalue weighted by atomic mass is 79.9. The number of hydrogen-bond donors (Lipinski definition) is 0. The van der Waals surface area contributed by atoms with E-state index in [0.29, 0.717) is 10.8 Å². The topological polar surface area (TPSA) is 30.2 Å². The smallest absolute Gasteiger partial charge is 0.183 e. The normalized spacial score (nSPS) is 10.9. The molecule has 0 unspecified atom stereocenters. The minimum atomic E-state index is 0.633. The van der Waals surface area contributed by atoms with E-state index in [9.17, 15) is 0 Å². The molecular formula is C12H7BrClN3. The Kier molecular flexibility index (Phi) is 2.61. The maximum atomic E-state index is 6.12. The summed E-state index contributed by atoms with van der Waals surface area (Å²) in [5.74, 6) is 0.633. The van der Waals surface area contributed by atoms with Gasteiger partial charge in [-0.1, -0.05) is 39.7 Å². The Labute approximate surface area is 111 Å². The van der Waals surface area contributed by atoms with E-state index in [1.54, 1.807) is 4.52 Å². The number of benzene rings is 1. The second-order valence-electron chi connectivity index (χ2n) is 3.56. The number of hydrogen-bond acceptors (Lipinski definition) is 2. The summed E-state index contributed by atoms with van der Waals surface area (Å²) in [7, 11) is 0. The van der Waals surface area contributed by atoms with E-state index < -0.39 is 0 Å². The minimum Gasteiger partial charge on any atom is -0.220 e. The Morgan fingerprint density at radius 1 is 1.18 bits per heavy atom. The molecule has 0 aliphatic rings. The molecule has 0 aliphatic heterocycles. The van der Waals surface area contributed by atoms with Crippen LogP contribution in [-0.2, 0) is 0 Å². The van der Waals surface area contributed by atoms with Gasteiger partial charge in [0.25, 0.3) is 0 Å². The van der Waals surface area contributed by atoms with Gasteiger partial charge in [0.2, 0.25) is 0 Å². The Morgan fingerprint density at radius 3 is 2.82 bits per heavy atom. The summed E-state index contributed by atoms with van der Waals surface area (Å²) in [6.07, 6.45) is 1.85. The maximum Gasteiger partial charge on any atom is 0.183 e. The predicted molar refractivity (Wildman–Crippen MR) is 71.1 cm³/mol. The number of pyridine rings is 1. The fraction of sp³-hybridized carbons (Fsp3) is 0. The highest BCUT2D eigenvalue weighted by Crippen LogP contribution is 2.25. The number of rotatable bonds is 1. The molecule has 2 heterocycles. The zero-order chi connectivity index (χ0) is 11.8. The van der Waals surface area contributed by atoms with E-state index in [-0.39, 0.29) is 0 Å². The van der Waals surface area contributed by atoms with Gasteiger partial charge in [0.05, 0.1) is 5.02 Å². The van der Waals surface area contributed by atoms with Crippen molar-refractivity contribution in [1.29, 1.82) is 0 Å². The Balaban J connectivity index is 2.22. The number of aromatic nitrogens is 3. The molecule has 0 N–H and O–H groups in total. The van der Waals surface area contributed by atoms with Crippen LogP contribution in [0.4, 0.5) is 0 Å². The van der Waals surface area contributed by atoms with E-state index in [0.717, 1.165) is 15.7 Å². The molecule has 0 saturated carbocycles. The van der Waals surface area contributed by atoms with Crippen LogP contribution in [0.25, 0.3) is 17.0 Å². The first-order valence-corrected chi connectivity index (χ1v) is 6.18. The van der Waals surface area contributed by atoms with Crippen LogP contribution >= 0.6 is 27.5 Å². The van der Waals surface area contributed by atoms with Crippen molar-refractivity contribution in [3.8, 4) is 11.4 Å². The fourth-order valence-corrected chi connectivity index (χ4v) is 2.16. The maximum absolute atomic E-state index is 6.12. The molecule has 0 bridgehead atoms. The standard InChI is InChI=1S/C12H7BrClN3/c13-8-5-6-17-11(7-8)15-12(16-17)9-3-1-2-4-10(9)14/h1-7H. The molecule has 0 fully saturated rings. The molecule has 0 amide bonds. The molecular weight excluding hydrogens is 302 g/mol. The lowest BCUT2D eigenvalue weighted by Crippen LogP contribution is -1.86. The van der Waals surface area contributed by atoms with Gasteiger partial charge in [0.1, 0.15) is 0 Å². The van der Waals surface area contributed by atoms with Gasteiger partial charge in [-0.15, -0.1) is 5.10 Å². The third-order valence-electron chi connectivity index (χ3n) is 2.41. The lowest BCUT2D eigenvalue weighted by molar-refractivity contribution is 0.964. The number of fused-ring (bicyclic) bond motifs is 1. The van der Waals surface area contributed by atoms with Crippen molar-refractivity contribution in [1.82, 2.24) is 14.6 Å². The van der Waals surface area contributed by atoms with Crippen molar-refractivity contribution in [3.05, 3.63) is 52.1 Å². The van der Waals surface area contributed by atoms with Crippen LogP contribution in [0.3, 0.4) is 0 Å². The SMILES string of the molecule is Clc1ccccc1-c1nc2cc(Br)ccn2n1. The summed E-state index contributed by atoms with van der Waals surface area (Å²) in [6.45, 7) is 0. The van der Waals surface area contributed by atoms with Gasteiger partial charge >= 0.3 is 0 Å². The van der Waals surface area contributed by atoms with Crippen LogP contribution in [0.15, 0.2) is 47.1 Å². The Bertz CT molecular complexity index is 693. The predicted octanol–water partition coefficient (Wildman–Crippen LogP) is 3.81. The highest BCUT2D eigenvalue weighted by Gasteiger charge is 2.09. The average molecular weight is 309 g/mol. The van der Waals surface area contributed by atoms with Crippen molar-refractivity contribution >= 4 is 33.2 Å². The van der Waals surface area contributed by atoms with E-state index in [2.05, 4.69) is 26.0 Å². The van der Waals surface area contributed by atoms with Gasteiger partial charge in [-0.25, -0.2) is 9.50 Å². The van der Waals surface area contributed by atoms with Crippen molar-refractivity contribution in [3.63, 3.8) is 0 Å². The van der Waals surface area contributed by atoms with Gasteiger partial charge in [-0.05, 0) is 24.3 Å². The molecule has 0 radical (unpaired) electrons. The van der Waals surface area contributed by atoms with Gasteiger partial charge in [-0.2, -0.15) is 0 Å². The Hall–Kier alpha value is -1.39. The fourth-order valence-electron chi connectivity index (χ4n) is 1.61. The monoisotopic (exact) mass is 307 g/mol. The molecule has 17 heavy (non-hydrogen) atoms. The lowest BCUT2D eigenvalue weighted by Gasteiger charge is -1.96. The van der Waals surface area contributed by atoms with Crippen LogP contribution in [0.2, 0.25) is 5.02 Å². The summed E-state index contributed by atoms with van der Waals surface area (Å²) in [5.41, 5.74) is 1.63. The number of halogens is 2. The van der Waals surface area contributed by atoms with Gasteiger partial charge in [0, 0.05) is 16.2 Å². The zero-order valence-corrected chi connectivity index (χ0v) is 11.0. The van der Waals surface area contributed by atoms with Crippen molar-refractivity contribution in [2.45, 2.75) is 0 Å². The summed E-state index contributed by atoms with van der Waals surface area (Å²) in [6, 6.07) is 11.4. The molecule has 3 rings (SSSR count). The first kappa shape index (κ1) is 10.7.